The second kappa shape index (κ2) is 15.6. The third-order valence-corrected chi connectivity index (χ3v) is 13.4. The van der Waals surface area contributed by atoms with Crippen molar-refractivity contribution < 1.29 is 9.47 Å². The summed E-state index contributed by atoms with van der Waals surface area (Å²) in [6, 6.07) is 86.9. The number of rotatable bonds is 7. The predicted molar refractivity (Wildman–Crippen MR) is 276 cm³/mol. The number of ether oxygens (including phenoxy) is 2. The van der Waals surface area contributed by atoms with Crippen molar-refractivity contribution in [2.45, 2.75) is 0 Å². The Hall–Kier alpha value is -8.60. The average molecular weight is 842 g/mol. The van der Waals surface area contributed by atoms with Gasteiger partial charge in [0.05, 0.1) is 5.69 Å². The van der Waals surface area contributed by atoms with Gasteiger partial charge in [0.2, 0.25) is 0 Å². The van der Waals surface area contributed by atoms with Crippen molar-refractivity contribution in [2.75, 3.05) is 4.90 Å². The molecule has 3 nitrogen and oxygen atoms in total. The molecule has 13 rings (SSSR count). The lowest BCUT2D eigenvalue weighted by Crippen LogP contribution is -2.57. The van der Waals surface area contributed by atoms with Crippen molar-refractivity contribution in [3.8, 4) is 67.5 Å². The normalized spacial score (nSPS) is 12.2. The van der Waals surface area contributed by atoms with E-state index in [-0.39, 0.29) is 6.71 Å². The van der Waals surface area contributed by atoms with E-state index in [1.165, 1.54) is 43.8 Å². The van der Waals surface area contributed by atoms with Crippen LogP contribution >= 0.6 is 0 Å². The number of hydrogen-bond acceptors (Lipinski definition) is 3. The summed E-state index contributed by atoms with van der Waals surface area (Å²) in [6.45, 7) is -0.108. The van der Waals surface area contributed by atoms with Gasteiger partial charge in [-0.1, -0.05) is 194 Å². The van der Waals surface area contributed by atoms with Crippen LogP contribution in [0.25, 0.3) is 66.1 Å². The van der Waals surface area contributed by atoms with E-state index in [0.717, 1.165) is 78.7 Å². The zero-order valence-corrected chi connectivity index (χ0v) is 35.9. The maximum absolute atomic E-state index is 7.16. The summed E-state index contributed by atoms with van der Waals surface area (Å²) in [6.07, 6.45) is 0. The fourth-order valence-electron chi connectivity index (χ4n) is 10.2. The Kier molecular flexibility index (Phi) is 8.95. The van der Waals surface area contributed by atoms with Crippen LogP contribution in [-0.2, 0) is 0 Å². The summed E-state index contributed by atoms with van der Waals surface area (Å²) in [5.41, 5.74) is 15.5. The molecule has 0 fully saturated rings. The fourth-order valence-corrected chi connectivity index (χ4v) is 10.2. The molecule has 66 heavy (non-hydrogen) atoms. The molecule has 0 spiro atoms. The minimum absolute atomic E-state index is 0.108. The fraction of sp³-hybridized carbons (Fsp3) is 0. The van der Waals surface area contributed by atoms with E-state index in [0.29, 0.717) is 0 Å². The Balaban J connectivity index is 0.994. The summed E-state index contributed by atoms with van der Waals surface area (Å²) >= 11 is 0. The minimum Gasteiger partial charge on any atom is -0.458 e. The standard InChI is InChI=1S/C62H40BNO2/c1-3-13-41(14-4-1)43-25-31-49(32-26-43)64(50-33-27-44(28-34-50)42-15-5-2-6-16-42)51-39-60-62-61(40-51)66-59-38-48(55-24-12-20-46-18-8-10-22-53(46)55)30-36-57(59)63(62)56-35-29-47(37-58(56)65-60)54-23-11-19-45-17-7-9-21-52(45)54/h1-40H. The Bertz CT molecular complexity index is 3400. The van der Waals surface area contributed by atoms with Gasteiger partial charge < -0.3 is 14.4 Å². The van der Waals surface area contributed by atoms with Gasteiger partial charge in [-0.05, 0) is 113 Å². The van der Waals surface area contributed by atoms with Gasteiger partial charge in [0.15, 0.2) is 0 Å². The Labute approximate surface area is 384 Å². The summed E-state index contributed by atoms with van der Waals surface area (Å²) in [7, 11) is 0. The molecule has 11 aromatic rings. The van der Waals surface area contributed by atoms with Gasteiger partial charge in [-0.3, -0.25) is 0 Å². The molecule has 0 aromatic heterocycles. The van der Waals surface area contributed by atoms with Crippen LogP contribution in [0, 0.1) is 0 Å². The van der Waals surface area contributed by atoms with Crippen LogP contribution in [0.4, 0.5) is 17.1 Å². The highest BCUT2D eigenvalue weighted by atomic mass is 16.5. The van der Waals surface area contributed by atoms with E-state index >= 15 is 0 Å². The number of anilines is 3. The molecule has 0 saturated carbocycles. The SMILES string of the molecule is c1ccc(-c2ccc(N(c3ccc(-c4ccccc4)cc3)c3cc4c5c(c3)Oc3cc(-c6cccc7ccccc67)ccc3B5c3ccc(-c5cccc6ccccc56)cc3O4)cc2)cc1. The smallest absolute Gasteiger partial charge is 0.260 e. The van der Waals surface area contributed by atoms with Crippen molar-refractivity contribution in [3.63, 3.8) is 0 Å². The number of benzene rings is 11. The van der Waals surface area contributed by atoms with Gasteiger partial charge in [-0.2, -0.15) is 0 Å². The summed E-state index contributed by atoms with van der Waals surface area (Å²) in [5.74, 6) is 3.26. The molecule has 2 aliphatic heterocycles. The molecule has 0 unspecified atom stereocenters. The molecule has 0 amide bonds. The van der Waals surface area contributed by atoms with Crippen LogP contribution in [0.2, 0.25) is 0 Å². The van der Waals surface area contributed by atoms with Crippen molar-refractivity contribution in [3.05, 3.63) is 243 Å². The van der Waals surface area contributed by atoms with Crippen molar-refractivity contribution in [1.29, 1.82) is 0 Å². The third-order valence-electron chi connectivity index (χ3n) is 13.4. The molecule has 11 aromatic carbocycles. The molecule has 2 heterocycles. The highest BCUT2D eigenvalue weighted by Gasteiger charge is 2.41. The lowest BCUT2D eigenvalue weighted by Gasteiger charge is -2.35. The molecule has 0 saturated heterocycles. The molecule has 0 radical (unpaired) electrons. The van der Waals surface area contributed by atoms with Gasteiger partial charge in [0.1, 0.15) is 23.0 Å². The van der Waals surface area contributed by atoms with Gasteiger partial charge in [-0.15, -0.1) is 0 Å². The first-order valence-electron chi connectivity index (χ1n) is 22.6. The maximum Gasteiger partial charge on any atom is 0.260 e. The van der Waals surface area contributed by atoms with E-state index in [1.54, 1.807) is 0 Å². The Morgan fingerprint density at radius 1 is 0.288 bits per heavy atom. The average Bonchev–Trinajstić information content (AvgIpc) is 3.39. The van der Waals surface area contributed by atoms with Crippen molar-refractivity contribution in [2.24, 2.45) is 0 Å². The van der Waals surface area contributed by atoms with E-state index in [1.807, 2.05) is 0 Å². The first-order valence-corrected chi connectivity index (χ1v) is 22.6. The van der Waals surface area contributed by atoms with Crippen LogP contribution in [-0.4, -0.2) is 6.71 Å². The molecule has 0 atom stereocenters. The van der Waals surface area contributed by atoms with Gasteiger partial charge in [-0.25, -0.2) is 0 Å². The molecule has 0 N–H and O–H groups in total. The van der Waals surface area contributed by atoms with Gasteiger partial charge >= 0.3 is 0 Å². The first kappa shape index (κ1) is 37.9. The quantitative estimate of drug-likeness (QED) is 0.149. The molecule has 0 aliphatic carbocycles. The van der Waals surface area contributed by atoms with Crippen LogP contribution < -0.4 is 30.8 Å². The lowest BCUT2D eigenvalue weighted by molar-refractivity contribution is 0.465. The van der Waals surface area contributed by atoms with Crippen molar-refractivity contribution in [1.82, 2.24) is 0 Å². The monoisotopic (exact) mass is 841 g/mol. The second-order valence-corrected chi connectivity index (χ2v) is 17.2. The molecule has 2 aliphatic rings. The molecule has 0 bridgehead atoms. The molecular formula is C62H40BNO2. The van der Waals surface area contributed by atoms with Crippen LogP contribution in [0.3, 0.4) is 0 Å². The van der Waals surface area contributed by atoms with Gasteiger partial charge in [0.25, 0.3) is 6.71 Å². The second-order valence-electron chi connectivity index (χ2n) is 17.2. The van der Waals surface area contributed by atoms with E-state index < -0.39 is 0 Å². The summed E-state index contributed by atoms with van der Waals surface area (Å²) in [5, 5.41) is 4.85. The first-order chi connectivity index (χ1) is 32.7. The van der Waals surface area contributed by atoms with Crippen LogP contribution in [0.1, 0.15) is 0 Å². The van der Waals surface area contributed by atoms with E-state index in [9.17, 15) is 0 Å². The van der Waals surface area contributed by atoms with Gasteiger partial charge in [0, 0.05) is 29.0 Å². The predicted octanol–water partition coefficient (Wildman–Crippen LogP) is 14.9. The summed E-state index contributed by atoms with van der Waals surface area (Å²) in [4.78, 5) is 2.31. The number of hydrogen-bond donors (Lipinski definition) is 0. The van der Waals surface area contributed by atoms with E-state index in [2.05, 4.69) is 248 Å². The Morgan fingerprint density at radius 2 is 0.682 bits per heavy atom. The molecule has 308 valence electrons. The molecular weight excluding hydrogens is 801 g/mol. The highest BCUT2D eigenvalue weighted by Crippen LogP contribution is 2.45. The third kappa shape index (κ3) is 6.45. The Morgan fingerprint density at radius 3 is 1.15 bits per heavy atom. The van der Waals surface area contributed by atoms with Crippen LogP contribution in [0.15, 0.2) is 243 Å². The minimum atomic E-state index is -0.108. The van der Waals surface area contributed by atoms with Crippen molar-refractivity contribution >= 4 is 61.7 Å². The zero-order chi connectivity index (χ0) is 43.6. The summed E-state index contributed by atoms with van der Waals surface area (Å²) < 4.78 is 14.3. The zero-order valence-electron chi connectivity index (χ0n) is 35.9. The molecule has 4 heteroatoms. The maximum atomic E-state index is 7.16. The largest absolute Gasteiger partial charge is 0.458 e. The highest BCUT2D eigenvalue weighted by molar-refractivity contribution is 6.98. The topological polar surface area (TPSA) is 21.7 Å². The van der Waals surface area contributed by atoms with E-state index in [4.69, 9.17) is 9.47 Å². The van der Waals surface area contributed by atoms with Crippen LogP contribution in [0.5, 0.6) is 23.0 Å². The number of nitrogens with zero attached hydrogens (tertiary/aromatic N) is 1. The number of fused-ring (bicyclic) bond motifs is 6. The lowest BCUT2D eigenvalue weighted by atomic mass is 9.34.